The van der Waals surface area contributed by atoms with Crippen molar-refractivity contribution in [1.82, 2.24) is 0 Å². The molecule has 0 saturated heterocycles. The molecule has 0 aliphatic carbocycles. The zero-order valence-corrected chi connectivity index (χ0v) is 14.7. The fraction of sp³-hybridized carbons (Fsp3) is 0.222. The molecule has 0 radical (unpaired) electrons. The van der Waals surface area contributed by atoms with Gasteiger partial charge in [-0.2, -0.15) is 0 Å². The summed E-state index contributed by atoms with van der Waals surface area (Å²) < 4.78 is 30.8. The van der Waals surface area contributed by atoms with E-state index in [2.05, 4.69) is 5.32 Å². The van der Waals surface area contributed by atoms with Crippen LogP contribution in [-0.2, 0) is 20.6 Å². The number of benzene rings is 2. The molecule has 0 aliphatic heterocycles. The molecule has 25 heavy (non-hydrogen) atoms. The first-order valence-corrected chi connectivity index (χ1v) is 8.78. The molecular weight excluding hydrogens is 344 g/mol. The molecule has 7 heteroatoms. The van der Waals surface area contributed by atoms with Gasteiger partial charge in [-0.1, -0.05) is 34.9 Å². The smallest absolute Gasteiger partial charge is 0.328 e. The first-order chi connectivity index (χ1) is 12.1. The van der Waals surface area contributed by atoms with Crippen LogP contribution >= 0.6 is 8.46 Å². The first kappa shape index (κ1) is 18.7. The average Bonchev–Trinajstić information content (AvgIpc) is 2.63. The lowest BCUT2D eigenvalue weighted by Crippen LogP contribution is -2.16. The van der Waals surface area contributed by atoms with Crippen LogP contribution in [0.5, 0.6) is 5.75 Å². The van der Waals surface area contributed by atoms with Crippen LogP contribution in [0.2, 0.25) is 0 Å². The molecule has 1 amide bonds. The van der Waals surface area contributed by atoms with E-state index in [1.165, 1.54) is 0 Å². The molecule has 2 aromatic rings. The molecule has 1 N–H and O–H groups in total. The van der Waals surface area contributed by atoms with Gasteiger partial charge in [0, 0.05) is 0 Å². The summed E-state index contributed by atoms with van der Waals surface area (Å²) in [4.78, 5) is 21.9. The molecular formula is C18H18FNO4P+. The van der Waals surface area contributed by atoms with Crippen LogP contribution < -0.4 is 10.1 Å². The Morgan fingerprint density at radius 1 is 1.32 bits per heavy atom. The van der Waals surface area contributed by atoms with E-state index < -0.39 is 20.2 Å². The third-order valence-corrected chi connectivity index (χ3v) is 4.04. The number of rotatable bonds is 8. The number of ether oxygens (including phenoxy) is 1. The van der Waals surface area contributed by atoms with Gasteiger partial charge < -0.3 is 10.1 Å². The molecule has 0 bridgehead atoms. The summed E-state index contributed by atoms with van der Waals surface area (Å²) in [6.07, 6.45) is 0.838. The van der Waals surface area contributed by atoms with Gasteiger partial charge in [-0.15, -0.1) is 0 Å². The molecule has 0 aromatic heterocycles. The third-order valence-electron chi connectivity index (χ3n) is 3.64. The third kappa shape index (κ3) is 4.94. The predicted octanol–water partition coefficient (Wildman–Crippen LogP) is 3.27. The number of amides is 1. The summed E-state index contributed by atoms with van der Waals surface area (Å²) in [7, 11) is -0.540. The number of aldehydes is 1. The molecule has 0 fully saturated rings. The second-order valence-corrected chi connectivity index (χ2v) is 6.15. The number of carbonyl (C=O) groups excluding carboxylic acids is 2. The molecule has 130 valence electrons. The normalized spacial score (nSPS) is 10.5. The Hall–Kier alpha value is -2.59. The summed E-state index contributed by atoms with van der Waals surface area (Å²) in [6.45, 7) is 1.71. The van der Waals surface area contributed by atoms with Gasteiger partial charge in [-0.25, -0.2) is 4.39 Å². The number of nitrogens with one attached hydrogen (secondary N) is 1. The summed E-state index contributed by atoms with van der Waals surface area (Å²) in [5, 5.41) is 2.20. The standard InChI is InChI=1S/C18H17FNO4P/c1-12-14(9-13-5-3-2-4-6-13)10-15(24-7-8-25-23)18(17(12)19)20-16(22)11-21/h2-6,10-11H,7-9H2,1H3,(H,20,22)/p+1. The Morgan fingerprint density at radius 2 is 2.04 bits per heavy atom. The van der Waals surface area contributed by atoms with Crippen molar-refractivity contribution in [2.24, 2.45) is 0 Å². The fourth-order valence-electron chi connectivity index (χ4n) is 2.36. The van der Waals surface area contributed by atoms with E-state index in [1.54, 1.807) is 13.0 Å². The van der Waals surface area contributed by atoms with Gasteiger partial charge in [0.1, 0.15) is 18.0 Å². The minimum absolute atomic E-state index is 0.0649. The summed E-state index contributed by atoms with van der Waals surface area (Å²) >= 11 is 0. The van der Waals surface area contributed by atoms with E-state index >= 15 is 0 Å². The number of anilines is 1. The number of hydrogen-bond acceptors (Lipinski definition) is 4. The summed E-state index contributed by atoms with van der Waals surface area (Å²) in [5.74, 6) is -1.50. The predicted molar refractivity (Wildman–Crippen MR) is 94.4 cm³/mol. The summed E-state index contributed by atoms with van der Waals surface area (Å²) in [6, 6.07) is 11.2. The lowest BCUT2D eigenvalue weighted by atomic mass is 9.98. The highest BCUT2D eigenvalue weighted by atomic mass is 31.1. The monoisotopic (exact) mass is 362 g/mol. The van der Waals surface area contributed by atoms with Crippen molar-refractivity contribution in [2.75, 3.05) is 18.1 Å². The second kappa shape index (κ2) is 9.04. The van der Waals surface area contributed by atoms with Crippen molar-refractivity contribution in [3.63, 3.8) is 0 Å². The first-order valence-electron chi connectivity index (χ1n) is 7.66. The fourth-order valence-corrected chi connectivity index (χ4v) is 2.55. The van der Waals surface area contributed by atoms with Crippen LogP contribution in [0.1, 0.15) is 16.7 Å². The SMILES string of the molecule is Cc1c(Cc2ccccc2)cc(OCC[PH+]=O)c(NC(=O)C=O)c1F. The number of hydrogen-bond donors (Lipinski definition) is 1. The molecule has 0 heterocycles. The topological polar surface area (TPSA) is 72.5 Å². The van der Waals surface area contributed by atoms with Crippen molar-refractivity contribution in [2.45, 2.75) is 13.3 Å². The zero-order chi connectivity index (χ0) is 18.2. The Balaban J connectivity index is 2.41. The van der Waals surface area contributed by atoms with E-state index in [-0.39, 0.29) is 30.5 Å². The molecule has 2 rings (SSSR count). The van der Waals surface area contributed by atoms with Crippen LogP contribution in [0.3, 0.4) is 0 Å². The molecule has 1 atom stereocenters. The van der Waals surface area contributed by atoms with Crippen molar-refractivity contribution < 1.29 is 23.3 Å². The Kier molecular flexibility index (Phi) is 6.78. The van der Waals surface area contributed by atoms with Crippen molar-refractivity contribution in [3.8, 4) is 5.75 Å². The molecule has 0 aliphatic rings. The van der Waals surface area contributed by atoms with E-state index in [9.17, 15) is 18.5 Å². The largest absolute Gasteiger partial charge is 0.487 e. The van der Waals surface area contributed by atoms with E-state index in [4.69, 9.17) is 4.74 Å². The van der Waals surface area contributed by atoms with E-state index in [1.807, 2.05) is 30.3 Å². The zero-order valence-electron chi connectivity index (χ0n) is 13.7. The van der Waals surface area contributed by atoms with Gasteiger partial charge in [0.2, 0.25) is 6.29 Å². The van der Waals surface area contributed by atoms with Gasteiger partial charge in [0.25, 0.3) is 5.91 Å². The van der Waals surface area contributed by atoms with E-state index in [0.717, 1.165) is 5.56 Å². The molecule has 1 unspecified atom stereocenters. The van der Waals surface area contributed by atoms with E-state index in [0.29, 0.717) is 17.5 Å². The highest BCUT2D eigenvalue weighted by Crippen LogP contribution is 2.33. The Morgan fingerprint density at radius 3 is 2.68 bits per heavy atom. The van der Waals surface area contributed by atoms with Crippen LogP contribution in [0.25, 0.3) is 0 Å². The molecule has 2 aromatic carbocycles. The number of carbonyl (C=O) groups is 2. The maximum Gasteiger partial charge on any atom is 0.328 e. The minimum Gasteiger partial charge on any atom is -0.487 e. The van der Waals surface area contributed by atoms with Gasteiger partial charge in [-0.05, 0) is 36.1 Å². The van der Waals surface area contributed by atoms with Crippen LogP contribution in [0, 0.1) is 12.7 Å². The highest BCUT2D eigenvalue weighted by molar-refractivity contribution is 7.23. The minimum atomic E-state index is -0.968. The van der Waals surface area contributed by atoms with Crippen molar-refractivity contribution >= 4 is 26.3 Å². The molecule has 0 spiro atoms. The van der Waals surface area contributed by atoms with Gasteiger partial charge >= 0.3 is 8.46 Å². The Bertz CT molecular complexity index is 780. The Labute approximate surface area is 146 Å². The van der Waals surface area contributed by atoms with Gasteiger partial charge in [0.05, 0.1) is 0 Å². The molecule has 0 saturated carbocycles. The average molecular weight is 362 g/mol. The maximum atomic E-state index is 14.8. The van der Waals surface area contributed by atoms with Gasteiger partial charge in [0.15, 0.2) is 12.0 Å². The second-order valence-electron chi connectivity index (χ2n) is 5.36. The molecule has 5 nitrogen and oxygen atoms in total. The van der Waals surface area contributed by atoms with Crippen LogP contribution in [0.4, 0.5) is 10.1 Å². The lowest BCUT2D eigenvalue weighted by Gasteiger charge is -2.16. The highest BCUT2D eigenvalue weighted by Gasteiger charge is 2.19. The van der Waals surface area contributed by atoms with Crippen molar-refractivity contribution in [1.29, 1.82) is 0 Å². The van der Waals surface area contributed by atoms with Crippen molar-refractivity contribution in [3.05, 3.63) is 58.9 Å². The lowest BCUT2D eigenvalue weighted by molar-refractivity contribution is -0.127. The maximum absolute atomic E-state index is 14.8. The van der Waals surface area contributed by atoms with Crippen LogP contribution in [0.15, 0.2) is 36.4 Å². The van der Waals surface area contributed by atoms with Gasteiger partial charge in [-0.3, -0.25) is 9.59 Å². The quantitative estimate of drug-likeness (QED) is 0.339. The van der Waals surface area contributed by atoms with Crippen LogP contribution in [-0.4, -0.2) is 25.0 Å². The number of halogens is 1. The summed E-state index contributed by atoms with van der Waals surface area (Å²) in [5.41, 5.74) is 1.89.